The zero-order valence-electron chi connectivity index (χ0n) is 25.4. The van der Waals surface area contributed by atoms with Gasteiger partial charge in [0.05, 0.1) is 12.2 Å². The van der Waals surface area contributed by atoms with Crippen molar-refractivity contribution in [3.05, 3.63) is 58.8 Å². The first-order valence-electron chi connectivity index (χ1n) is 14.6. The van der Waals surface area contributed by atoms with Gasteiger partial charge >= 0.3 is 0 Å². The van der Waals surface area contributed by atoms with E-state index in [9.17, 15) is 19.2 Å². The summed E-state index contributed by atoms with van der Waals surface area (Å²) in [5.74, 6) is -0.899. The van der Waals surface area contributed by atoms with Gasteiger partial charge in [0.2, 0.25) is 5.91 Å². The molecule has 0 aliphatic carbocycles. The summed E-state index contributed by atoms with van der Waals surface area (Å²) in [6.45, 7) is 8.87. The molecule has 44 heavy (non-hydrogen) atoms. The molecule has 1 aromatic carbocycles. The average molecular weight is 604 g/mol. The standard InChI is InChI=1S/C31H38FN9O3/c1-18-22-11-20(32)6-7-21(22)30(43)39(4)14-24-28(19-10-25(44-18)29(35)37-13-19)23(12-33)38-41(24)16-27(42)36-8-5-9-40-15-26(34)31(2,3)17-40/h6-7,10-11,13,18,26H,5,8-9,14-17,34H2,1-4H3,(H2,35,37)(H,36,42)/t18-,26+/m1/s1. The molecule has 232 valence electrons. The number of pyridine rings is 1. The minimum absolute atomic E-state index is 0.00684. The lowest BCUT2D eigenvalue weighted by Gasteiger charge is -2.24. The number of carbonyl (C=O) groups excluding carboxylic acids is 2. The SMILES string of the molecule is C[C@H]1Oc2cc(cnc2N)-c2c(C#N)nn(CC(=O)NCCCN3C[C@H](N)C(C)(C)C3)c2CN(C)C(=O)c2ccc(F)cc21. The van der Waals surface area contributed by atoms with Gasteiger partial charge < -0.3 is 31.3 Å². The third-order valence-electron chi connectivity index (χ3n) is 8.41. The van der Waals surface area contributed by atoms with Crippen molar-refractivity contribution < 1.29 is 18.7 Å². The lowest BCUT2D eigenvalue weighted by molar-refractivity contribution is -0.121. The normalized spacial score (nSPS) is 19.7. The number of fused-ring (bicyclic) bond motifs is 5. The van der Waals surface area contributed by atoms with Crippen molar-refractivity contribution in [2.75, 3.05) is 39.0 Å². The number of ether oxygens (including phenoxy) is 1. The molecule has 5 rings (SSSR count). The zero-order valence-corrected chi connectivity index (χ0v) is 25.4. The van der Waals surface area contributed by atoms with Gasteiger partial charge in [-0.25, -0.2) is 9.37 Å². The lowest BCUT2D eigenvalue weighted by Crippen LogP contribution is -2.35. The number of amides is 2. The van der Waals surface area contributed by atoms with Crippen LogP contribution in [-0.4, -0.2) is 75.6 Å². The van der Waals surface area contributed by atoms with E-state index in [0.29, 0.717) is 28.9 Å². The summed E-state index contributed by atoms with van der Waals surface area (Å²) in [5, 5.41) is 17.4. The molecule has 2 amide bonds. The van der Waals surface area contributed by atoms with Gasteiger partial charge in [-0.05, 0) is 49.6 Å². The number of anilines is 1. The van der Waals surface area contributed by atoms with Crippen molar-refractivity contribution >= 4 is 17.6 Å². The fraction of sp³-hybridized carbons (Fsp3) is 0.452. The fourth-order valence-corrected chi connectivity index (χ4v) is 5.85. The molecule has 2 aliphatic heterocycles. The topological polar surface area (TPSA) is 168 Å². The van der Waals surface area contributed by atoms with Gasteiger partial charge in [-0.2, -0.15) is 10.4 Å². The van der Waals surface area contributed by atoms with Crippen molar-refractivity contribution in [3.8, 4) is 22.9 Å². The van der Waals surface area contributed by atoms with Crippen molar-refractivity contribution in [3.63, 3.8) is 0 Å². The third-order valence-corrected chi connectivity index (χ3v) is 8.41. The van der Waals surface area contributed by atoms with Crippen LogP contribution in [0.25, 0.3) is 11.1 Å². The molecule has 2 atom stereocenters. The quantitative estimate of drug-likeness (QED) is 0.358. The number of carbonyl (C=O) groups is 2. The molecule has 12 nitrogen and oxygen atoms in total. The number of nitrogens with two attached hydrogens (primary N) is 2. The Labute approximate surface area is 255 Å². The van der Waals surface area contributed by atoms with Crippen LogP contribution < -0.4 is 21.5 Å². The minimum Gasteiger partial charge on any atom is -0.482 e. The number of aromatic nitrogens is 3. The number of nitrogens with one attached hydrogen (secondary N) is 1. The van der Waals surface area contributed by atoms with Crippen LogP contribution in [0.3, 0.4) is 0 Å². The molecule has 0 saturated carbocycles. The van der Waals surface area contributed by atoms with E-state index in [1.54, 1.807) is 20.0 Å². The summed E-state index contributed by atoms with van der Waals surface area (Å²) >= 11 is 0. The van der Waals surface area contributed by atoms with Crippen LogP contribution in [0.1, 0.15) is 60.6 Å². The molecular weight excluding hydrogens is 565 g/mol. The first kappa shape index (κ1) is 30.9. The van der Waals surface area contributed by atoms with Gasteiger partial charge in [0.1, 0.15) is 24.5 Å². The maximum atomic E-state index is 14.3. The van der Waals surface area contributed by atoms with Crippen LogP contribution in [0.4, 0.5) is 10.2 Å². The first-order valence-corrected chi connectivity index (χ1v) is 14.6. The van der Waals surface area contributed by atoms with Crippen LogP contribution >= 0.6 is 0 Å². The lowest BCUT2D eigenvalue weighted by atomic mass is 9.89. The Morgan fingerprint density at radius 1 is 1.32 bits per heavy atom. The van der Waals surface area contributed by atoms with E-state index >= 15 is 0 Å². The summed E-state index contributed by atoms with van der Waals surface area (Å²) in [4.78, 5) is 34.8. The highest BCUT2D eigenvalue weighted by atomic mass is 19.1. The maximum absolute atomic E-state index is 14.3. The second kappa shape index (κ2) is 12.2. The van der Waals surface area contributed by atoms with Crippen LogP contribution in [0.5, 0.6) is 5.75 Å². The number of rotatable bonds is 6. The van der Waals surface area contributed by atoms with Crippen molar-refractivity contribution in [2.24, 2.45) is 11.1 Å². The summed E-state index contributed by atoms with van der Waals surface area (Å²) in [6.07, 6.45) is 1.50. The molecule has 1 saturated heterocycles. The maximum Gasteiger partial charge on any atom is 0.254 e. The molecule has 0 unspecified atom stereocenters. The summed E-state index contributed by atoms with van der Waals surface area (Å²) in [6, 6.07) is 7.76. The number of hydrogen-bond donors (Lipinski definition) is 3. The van der Waals surface area contributed by atoms with E-state index in [1.165, 1.54) is 34.0 Å². The number of nitriles is 1. The minimum atomic E-state index is -0.744. The van der Waals surface area contributed by atoms with E-state index in [2.05, 4.69) is 40.2 Å². The molecule has 5 N–H and O–H groups in total. The highest BCUT2D eigenvalue weighted by Crippen LogP contribution is 2.36. The Hall–Kier alpha value is -4.54. The molecule has 2 aromatic heterocycles. The Balaban J connectivity index is 1.43. The smallest absolute Gasteiger partial charge is 0.254 e. The molecule has 0 radical (unpaired) electrons. The Morgan fingerprint density at radius 2 is 2.09 bits per heavy atom. The molecule has 2 bridgehead atoms. The monoisotopic (exact) mass is 603 g/mol. The fourth-order valence-electron chi connectivity index (χ4n) is 5.85. The summed E-state index contributed by atoms with van der Waals surface area (Å²) in [5.41, 5.74) is 14.4. The van der Waals surface area contributed by atoms with Crippen LogP contribution in [0, 0.1) is 22.6 Å². The first-order chi connectivity index (χ1) is 20.9. The predicted octanol–water partition coefficient (Wildman–Crippen LogP) is 2.44. The molecule has 1 fully saturated rings. The zero-order chi connectivity index (χ0) is 31.8. The number of nitrogens with zero attached hydrogens (tertiary/aromatic N) is 6. The number of benzene rings is 1. The van der Waals surface area contributed by atoms with Crippen molar-refractivity contribution in [1.82, 2.24) is 29.9 Å². The number of hydrogen-bond acceptors (Lipinski definition) is 9. The number of likely N-dealkylation sites (tertiary alicyclic amines) is 1. The van der Waals surface area contributed by atoms with Crippen LogP contribution in [0.15, 0.2) is 30.5 Å². The van der Waals surface area contributed by atoms with Crippen LogP contribution in [-0.2, 0) is 17.9 Å². The predicted molar refractivity (Wildman–Crippen MR) is 162 cm³/mol. The average Bonchev–Trinajstić information content (AvgIpc) is 3.45. The summed E-state index contributed by atoms with van der Waals surface area (Å²) < 4.78 is 21.8. The highest BCUT2D eigenvalue weighted by molar-refractivity contribution is 5.96. The molecular formula is C31H38FN9O3. The number of halogens is 1. The highest BCUT2D eigenvalue weighted by Gasteiger charge is 2.36. The van der Waals surface area contributed by atoms with Gasteiger partial charge in [0, 0.05) is 61.2 Å². The second-order valence-electron chi connectivity index (χ2n) is 12.2. The van der Waals surface area contributed by atoms with Gasteiger partial charge in [-0.3, -0.25) is 14.3 Å². The molecule has 2 aliphatic rings. The molecule has 3 aromatic rings. The van der Waals surface area contributed by atoms with Gasteiger partial charge in [-0.15, -0.1) is 0 Å². The van der Waals surface area contributed by atoms with Gasteiger partial charge in [0.15, 0.2) is 17.3 Å². The Morgan fingerprint density at radius 3 is 2.80 bits per heavy atom. The van der Waals surface area contributed by atoms with Crippen molar-refractivity contribution in [1.29, 1.82) is 5.26 Å². The van der Waals surface area contributed by atoms with Crippen LogP contribution in [0.2, 0.25) is 0 Å². The van der Waals surface area contributed by atoms with E-state index in [4.69, 9.17) is 16.2 Å². The summed E-state index contributed by atoms with van der Waals surface area (Å²) in [7, 11) is 1.60. The largest absolute Gasteiger partial charge is 0.482 e. The van der Waals surface area contributed by atoms with E-state index in [1.807, 2.05) is 0 Å². The third kappa shape index (κ3) is 6.22. The Kier molecular flexibility index (Phi) is 8.58. The second-order valence-corrected chi connectivity index (χ2v) is 12.2. The van der Waals surface area contributed by atoms with E-state index < -0.39 is 17.8 Å². The van der Waals surface area contributed by atoms with E-state index in [-0.39, 0.29) is 53.3 Å². The molecule has 13 heteroatoms. The molecule has 4 heterocycles. The Bertz CT molecular complexity index is 1630. The van der Waals surface area contributed by atoms with Crippen molar-refractivity contribution in [2.45, 2.75) is 52.4 Å². The van der Waals surface area contributed by atoms with Gasteiger partial charge in [0.25, 0.3) is 5.91 Å². The van der Waals surface area contributed by atoms with E-state index in [0.717, 1.165) is 26.1 Å². The number of nitrogen functional groups attached to an aromatic ring is 1. The van der Waals surface area contributed by atoms with Gasteiger partial charge in [-0.1, -0.05) is 13.8 Å². The molecule has 0 spiro atoms.